The first kappa shape index (κ1) is 16.6. The third kappa shape index (κ3) is 3.06. The number of methoxy groups -OCH3 is 2. The Balaban J connectivity index is 1.99. The van der Waals surface area contributed by atoms with Gasteiger partial charge < -0.3 is 14.4 Å². The van der Waals surface area contributed by atoms with E-state index in [0.29, 0.717) is 23.6 Å². The maximum atomic E-state index is 13.0. The van der Waals surface area contributed by atoms with Crippen molar-refractivity contribution in [3.63, 3.8) is 0 Å². The molecule has 1 amide bonds. The van der Waals surface area contributed by atoms with Gasteiger partial charge in [-0.25, -0.2) is 0 Å². The summed E-state index contributed by atoms with van der Waals surface area (Å²) < 4.78 is 12.5. The van der Waals surface area contributed by atoms with Gasteiger partial charge in [0.05, 0.1) is 19.8 Å². The van der Waals surface area contributed by atoms with Crippen molar-refractivity contribution in [3.8, 4) is 11.5 Å². The number of fused-ring (bicyclic) bond motifs is 1. The van der Waals surface area contributed by atoms with Crippen LogP contribution in [0, 0.1) is 3.57 Å². The molecule has 0 fully saturated rings. The molecule has 120 valence electrons. The van der Waals surface area contributed by atoms with E-state index in [4.69, 9.17) is 9.47 Å². The summed E-state index contributed by atoms with van der Waals surface area (Å²) in [6, 6.07) is 9.59. The van der Waals surface area contributed by atoms with Crippen molar-refractivity contribution in [2.45, 2.75) is 6.42 Å². The molecule has 3 rings (SSSR count). The van der Waals surface area contributed by atoms with E-state index in [1.54, 1.807) is 20.3 Å². The molecule has 0 aliphatic carbocycles. The average Bonchev–Trinajstić information content (AvgIpc) is 2.96. The summed E-state index contributed by atoms with van der Waals surface area (Å²) in [4.78, 5) is 14.8. The van der Waals surface area contributed by atoms with E-state index in [1.165, 1.54) is 5.56 Å². The van der Waals surface area contributed by atoms with E-state index >= 15 is 0 Å². The molecule has 1 aliphatic rings. The fourth-order valence-corrected chi connectivity index (χ4v) is 3.82. The van der Waals surface area contributed by atoms with Gasteiger partial charge in [0, 0.05) is 20.3 Å². The summed E-state index contributed by atoms with van der Waals surface area (Å²) in [6.07, 6.45) is 0.865. The predicted molar refractivity (Wildman–Crippen MR) is 102 cm³/mol. The van der Waals surface area contributed by atoms with Crippen LogP contribution in [0.5, 0.6) is 11.5 Å². The third-order valence-electron chi connectivity index (χ3n) is 3.89. The average molecular weight is 488 g/mol. The highest BCUT2D eigenvalue weighted by Crippen LogP contribution is 2.35. The molecule has 0 aromatic heterocycles. The number of rotatable bonds is 3. The summed E-state index contributed by atoms with van der Waals surface area (Å²) in [5.74, 6) is 1.17. The van der Waals surface area contributed by atoms with Gasteiger partial charge in [0.25, 0.3) is 5.91 Å². The second kappa shape index (κ2) is 6.68. The lowest BCUT2D eigenvalue weighted by molar-refractivity contribution is 0.0988. The van der Waals surface area contributed by atoms with E-state index in [1.807, 2.05) is 23.1 Å². The minimum Gasteiger partial charge on any atom is -0.493 e. The number of nitrogens with zero attached hydrogens (tertiary/aromatic N) is 1. The van der Waals surface area contributed by atoms with Gasteiger partial charge >= 0.3 is 0 Å². The van der Waals surface area contributed by atoms with E-state index in [9.17, 15) is 4.79 Å². The molecule has 23 heavy (non-hydrogen) atoms. The lowest BCUT2D eigenvalue weighted by atomic mass is 10.1. The Morgan fingerprint density at radius 3 is 2.57 bits per heavy atom. The first-order valence-electron chi connectivity index (χ1n) is 7.07. The molecule has 6 heteroatoms. The van der Waals surface area contributed by atoms with Crippen molar-refractivity contribution in [3.05, 3.63) is 49.5 Å². The Hall–Kier alpha value is -1.28. The van der Waals surface area contributed by atoms with Crippen LogP contribution in [-0.4, -0.2) is 26.7 Å². The molecule has 0 N–H and O–H groups in total. The van der Waals surface area contributed by atoms with Crippen molar-refractivity contribution in [1.29, 1.82) is 0 Å². The number of carbonyl (C=O) groups is 1. The Kier molecular flexibility index (Phi) is 4.82. The SMILES string of the molecule is COc1cc(I)c(C(=O)N2CCc3cc(Br)ccc32)cc1OC. The number of carbonyl (C=O) groups excluding carboxylic acids is 1. The van der Waals surface area contributed by atoms with Gasteiger partial charge in [0.2, 0.25) is 0 Å². The zero-order valence-corrected chi connectivity index (χ0v) is 16.5. The minimum atomic E-state index is -0.0172. The van der Waals surface area contributed by atoms with Crippen molar-refractivity contribution in [2.24, 2.45) is 0 Å². The fourth-order valence-electron chi connectivity index (χ4n) is 2.74. The molecular weight excluding hydrogens is 473 g/mol. The molecule has 1 aliphatic heterocycles. The van der Waals surface area contributed by atoms with Gasteiger partial charge in [-0.3, -0.25) is 4.79 Å². The molecule has 0 atom stereocenters. The third-order valence-corrected chi connectivity index (χ3v) is 5.27. The molecule has 0 saturated heterocycles. The van der Waals surface area contributed by atoms with Gasteiger partial charge in [-0.2, -0.15) is 0 Å². The maximum absolute atomic E-state index is 13.0. The summed E-state index contributed by atoms with van der Waals surface area (Å²) in [7, 11) is 3.16. The van der Waals surface area contributed by atoms with Crippen LogP contribution in [0.25, 0.3) is 0 Å². The summed E-state index contributed by atoms with van der Waals surface area (Å²) >= 11 is 5.64. The van der Waals surface area contributed by atoms with Gasteiger partial charge in [-0.05, 0) is 64.9 Å². The molecule has 0 bridgehead atoms. The zero-order valence-electron chi connectivity index (χ0n) is 12.7. The standard InChI is InChI=1S/C17H15BrINO3/c1-22-15-8-12(13(19)9-16(15)23-2)17(21)20-6-5-10-7-11(18)3-4-14(10)20/h3-4,7-9H,5-6H2,1-2H3. The van der Waals surface area contributed by atoms with Crippen molar-refractivity contribution >= 4 is 50.1 Å². The van der Waals surface area contributed by atoms with E-state index in [2.05, 4.69) is 44.6 Å². The Bertz CT molecular complexity index is 779. The second-order valence-corrected chi connectivity index (χ2v) is 7.24. The molecule has 0 radical (unpaired) electrons. The summed E-state index contributed by atoms with van der Waals surface area (Å²) in [5.41, 5.74) is 2.78. The van der Waals surface area contributed by atoms with E-state index < -0.39 is 0 Å². The van der Waals surface area contributed by atoms with Crippen molar-refractivity contribution in [1.82, 2.24) is 0 Å². The smallest absolute Gasteiger partial charge is 0.259 e. The first-order valence-corrected chi connectivity index (χ1v) is 8.94. The van der Waals surface area contributed by atoms with Crippen LogP contribution in [-0.2, 0) is 6.42 Å². The number of ether oxygens (including phenoxy) is 2. The van der Waals surface area contributed by atoms with Gasteiger partial charge in [0.1, 0.15) is 0 Å². The van der Waals surface area contributed by atoms with Gasteiger partial charge in [-0.1, -0.05) is 15.9 Å². The minimum absolute atomic E-state index is 0.0172. The molecule has 4 nitrogen and oxygen atoms in total. The van der Waals surface area contributed by atoms with Crippen molar-refractivity contribution in [2.75, 3.05) is 25.7 Å². The molecular formula is C17H15BrINO3. The predicted octanol–water partition coefficient (Wildman–Crippen LogP) is 4.27. The Labute approximate surface area is 157 Å². The fraction of sp³-hybridized carbons (Fsp3) is 0.235. The summed E-state index contributed by atoms with van der Waals surface area (Å²) in [6.45, 7) is 0.690. The Morgan fingerprint density at radius 1 is 1.17 bits per heavy atom. The van der Waals surface area contributed by atoms with Crippen LogP contribution in [0.4, 0.5) is 5.69 Å². The lowest BCUT2D eigenvalue weighted by Gasteiger charge is -2.19. The van der Waals surface area contributed by atoms with Gasteiger partial charge in [-0.15, -0.1) is 0 Å². The number of anilines is 1. The lowest BCUT2D eigenvalue weighted by Crippen LogP contribution is -2.29. The number of hydrogen-bond donors (Lipinski definition) is 0. The van der Waals surface area contributed by atoms with E-state index in [-0.39, 0.29) is 5.91 Å². The number of halogens is 2. The molecule has 2 aromatic carbocycles. The molecule has 0 unspecified atom stereocenters. The zero-order chi connectivity index (χ0) is 16.6. The molecule has 2 aromatic rings. The monoisotopic (exact) mass is 487 g/mol. The highest BCUT2D eigenvalue weighted by atomic mass is 127. The van der Waals surface area contributed by atoms with Crippen LogP contribution >= 0.6 is 38.5 Å². The van der Waals surface area contributed by atoms with Crippen LogP contribution in [0.2, 0.25) is 0 Å². The van der Waals surface area contributed by atoms with Crippen LogP contribution in [0.3, 0.4) is 0 Å². The highest BCUT2D eigenvalue weighted by molar-refractivity contribution is 14.1. The van der Waals surface area contributed by atoms with Crippen LogP contribution in [0.15, 0.2) is 34.8 Å². The first-order chi connectivity index (χ1) is 11.0. The Morgan fingerprint density at radius 2 is 1.87 bits per heavy atom. The highest BCUT2D eigenvalue weighted by Gasteiger charge is 2.27. The summed E-state index contributed by atoms with van der Waals surface area (Å²) in [5, 5.41) is 0. The molecule has 1 heterocycles. The normalized spacial score (nSPS) is 13.0. The number of hydrogen-bond acceptors (Lipinski definition) is 3. The largest absolute Gasteiger partial charge is 0.493 e. The van der Waals surface area contributed by atoms with Crippen molar-refractivity contribution < 1.29 is 14.3 Å². The maximum Gasteiger partial charge on any atom is 0.259 e. The molecule has 0 spiro atoms. The molecule has 0 saturated carbocycles. The quantitative estimate of drug-likeness (QED) is 0.607. The topological polar surface area (TPSA) is 38.8 Å². The van der Waals surface area contributed by atoms with E-state index in [0.717, 1.165) is 20.2 Å². The van der Waals surface area contributed by atoms with Crippen LogP contribution in [0.1, 0.15) is 15.9 Å². The van der Waals surface area contributed by atoms with Gasteiger partial charge in [0.15, 0.2) is 11.5 Å². The number of benzene rings is 2. The van der Waals surface area contributed by atoms with Crippen LogP contribution < -0.4 is 14.4 Å². The number of amides is 1. The second-order valence-electron chi connectivity index (χ2n) is 5.17.